The lowest BCUT2D eigenvalue weighted by atomic mass is 10.1. The van der Waals surface area contributed by atoms with E-state index in [4.69, 9.17) is 4.74 Å². The van der Waals surface area contributed by atoms with E-state index in [9.17, 15) is 14.4 Å². The molecule has 0 unspecified atom stereocenters. The molecule has 0 fully saturated rings. The van der Waals surface area contributed by atoms with E-state index < -0.39 is 5.97 Å². The van der Waals surface area contributed by atoms with Gasteiger partial charge in [-0.1, -0.05) is 30.3 Å². The molecule has 0 aromatic heterocycles. The first kappa shape index (κ1) is 21.5. The molecule has 156 valence electrons. The van der Waals surface area contributed by atoms with Crippen LogP contribution in [0.15, 0.2) is 84.9 Å². The van der Waals surface area contributed by atoms with Crippen LogP contribution in [0.3, 0.4) is 0 Å². The monoisotopic (exact) mass is 414 g/mol. The highest BCUT2D eigenvalue weighted by molar-refractivity contribution is 6.06. The summed E-state index contributed by atoms with van der Waals surface area (Å²) >= 11 is 0. The number of benzene rings is 3. The molecule has 3 aromatic carbocycles. The molecule has 0 aliphatic heterocycles. The summed E-state index contributed by atoms with van der Waals surface area (Å²) in [5.74, 6) is -0.881. The van der Waals surface area contributed by atoms with E-state index in [2.05, 4.69) is 10.6 Å². The summed E-state index contributed by atoms with van der Waals surface area (Å²) in [6.45, 7) is 2.08. The Kier molecular flexibility index (Phi) is 7.32. The second-order valence-electron chi connectivity index (χ2n) is 6.56. The molecule has 0 aliphatic carbocycles. The van der Waals surface area contributed by atoms with Crippen molar-refractivity contribution in [3.63, 3.8) is 0 Å². The van der Waals surface area contributed by atoms with Gasteiger partial charge in [-0.25, -0.2) is 4.79 Å². The molecule has 31 heavy (non-hydrogen) atoms. The molecule has 3 rings (SSSR count). The lowest BCUT2D eigenvalue weighted by molar-refractivity contribution is -0.137. The number of hydrogen-bond donors (Lipinski definition) is 2. The number of esters is 1. The zero-order valence-corrected chi connectivity index (χ0v) is 17.0. The fourth-order valence-electron chi connectivity index (χ4n) is 2.73. The maximum Gasteiger partial charge on any atom is 0.330 e. The van der Waals surface area contributed by atoms with Crippen molar-refractivity contribution in [2.45, 2.75) is 6.92 Å². The van der Waals surface area contributed by atoms with Crippen LogP contribution in [0.5, 0.6) is 0 Å². The van der Waals surface area contributed by atoms with E-state index >= 15 is 0 Å². The molecule has 2 N–H and O–H groups in total. The third kappa shape index (κ3) is 6.40. The molecule has 0 atom stereocenters. The van der Waals surface area contributed by atoms with Crippen molar-refractivity contribution in [2.24, 2.45) is 0 Å². The molecular weight excluding hydrogens is 392 g/mol. The van der Waals surface area contributed by atoms with Gasteiger partial charge in [0.25, 0.3) is 11.8 Å². The molecular formula is C25H22N2O4. The molecule has 2 amide bonds. The highest BCUT2D eigenvalue weighted by Gasteiger charge is 2.08. The van der Waals surface area contributed by atoms with Crippen LogP contribution in [0.2, 0.25) is 0 Å². The van der Waals surface area contributed by atoms with Crippen LogP contribution < -0.4 is 10.6 Å². The molecule has 0 bridgehead atoms. The van der Waals surface area contributed by atoms with Crippen molar-refractivity contribution >= 4 is 35.2 Å². The molecule has 0 radical (unpaired) electrons. The molecule has 0 saturated carbocycles. The summed E-state index contributed by atoms with van der Waals surface area (Å²) in [5.41, 5.74) is 3.06. The van der Waals surface area contributed by atoms with Crippen LogP contribution in [-0.2, 0) is 9.53 Å². The quantitative estimate of drug-likeness (QED) is 0.431. The van der Waals surface area contributed by atoms with Gasteiger partial charge in [-0.15, -0.1) is 0 Å². The van der Waals surface area contributed by atoms with Gasteiger partial charge in [0, 0.05) is 28.6 Å². The van der Waals surface area contributed by atoms with Crippen molar-refractivity contribution in [2.75, 3.05) is 17.2 Å². The number of rotatable bonds is 7. The molecule has 6 nitrogen and oxygen atoms in total. The first-order valence-corrected chi connectivity index (χ1v) is 9.78. The van der Waals surface area contributed by atoms with Crippen LogP contribution in [-0.4, -0.2) is 24.4 Å². The van der Waals surface area contributed by atoms with E-state index in [1.54, 1.807) is 85.8 Å². The van der Waals surface area contributed by atoms with E-state index in [1.807, 2.05) is 6.07 Å². The minimum Gasteiger partial charge on any atom is -0.463 e. The minimum absolute atomic E-state index is 0.213. The van der Waals surface area contributed by atoms with Gasteiger partial charge in [0.2, 0.25) is 0 Å². The number of carbonyl (C=O) groups is 3. The van der Waals surface area contributed by atoms with Gasteiger partial charge < -0.3 is 15.4 Å². The number of anilines is 2. The van der Waals surface area contributed by atoms with Gasteiger partial charge in [0.15, 0.2) is 0 Å². The maximum absolute atomic E-state index is 12.5. The highest BCUT2D eigenvalue weighted by atomic mass is 16.5. The second kappa shape index (κ2) is 10.5. The van der Waals surface area contributed by atoms with Crippen molar-refractivity contribution in [3.8, 4) is 0 Å². The van der Waals surface area contributed by atoms with Gasteiger partial charge in [-0.2, -0.15) is 0 Å². The lowest BCUT2D eigenvalue weighted by Gasteiger charge is -2.08. The fraction of sp³-hybridized carbons (Fsp3) is 0.0800. The summed E-state index contributed by atoms with van der Waals surface area (Å²) < 4.78 is 4.84. The Morgan fingerprint density at radius 2 is 1.26 bits per heavy atom. The molecule has 0 aliphatic rings. The first-order chi connectivity index (χ1) is 15.0. The molecule has 6 heteroatoms. The Bertz CT molecular complexity index is 1070. The van der Waals surface area contributed by atoms with Gasteiger partial charge >= 0.3 is 5.97 Å². The average molecular weight is 414 g/mol. The fourth-order valence-corrected chi connectivity index (χ4v) is 2.73. The van der Waals surface area contributed by atoms with Gasteiger partial charge in [-0.3, -0.25) is 9.59 Å². The minimum atomic E-state index is -0.400. The van der Waals surface area contributed by atoms with Crippen LogP contribution in [0, 0.1) is 0 Å². The number of hydrogen-bond acceptors (Lipinski definition) is 4. The number of ether oxygens (including phenoxy) is 1. The standard InChI is InChI=1S/C25H22N2O4/c1-2-31-23(28)17-10-18-8-13-21(14-9-18)26-25(30)20-11-15-22(16-12-20)27-24(29)19-6-4-3-5-7-19/h3-17H,2H2,1H3,(H,26,30)(H,27,29)/b17-10-. The Labute approximate surface area is 180 Å². The molecule has 0 saturated heterocycles. The lowest BCUT2D eigenvalue weighted by Crippen LogP contribution is -2.13. The summed E-state index contributed by atoms with van der Waals surface area (Å²) in [7, 11) is 0. The predicted octanol–water partition coefficient (Wildman–Crippen LogP) is 4.77. The Morgan fingerprint density at radius 3 is 1.81 bits per heavy atom. The van der Waals surface area contributed by atoms with Crippen molar-refractivity contribution < 1.29 is 19.1 Å². The second-order valence-corrected chi connectivity index (χ2v) is 6.56. The normalized spacial score (nSPS) is 10.5. The zero-order chi connectivity index (χ0) is 22.1. The Hall–Kier alpha value is -4.19. The average Bonchev–Trinajstić information content (AvgIpc) is 2.80. The summed E-state index contributed by atoms with van der Waals surface area (Å²) in [4.78, 5) is 36.0. The summed E-state index contributed by atoms with van der Waals surface area (Å²) in [6, 6.07) is 22.6. The van der Waals surface area contributed by atoms with E-state index in [0.29, 0.717) is 29.1 Å². The Morgan fingerprint density at radius 1 is 0.742 bits per heavy atom. The topological polar surface area (TPSA) is 84.5 Å². The van der Waals surface area contributed by atoms with Crippen LogP contribution in [0.25, 0.3) is 6.08 Å². The summed E-state index contributed by atoms with van der Waals surface area (Å²) in [5, 5.41) is 5.61. The number of carbonyl (C=O) groups excluding carboxylic acids is 3. The van der Waals surface area contributed by atoms with E-state index in [1.165, 1.54) is 6.08 Å². The Balaban J connectivity index is 1.57. The smallest absolute Gasteiger partial charge is 0.330 e. The van der Waals surface area contributed by atoms with Gasteiger partial charge in [0.05, 0.1) is 6.61 Å². The zero-order valence-electron chi connectivity index (χ0n) is 17.0. The summed E-state index contributed by atoms with van der Waals surface area (Å²) in [6.07, 6.45) is 3.00. The van der Waals surface area contributed by atoms with Gasteiger partial charge in [-0.05, 0) is 67.1 Å². The molecule has 0 heterocycles. The third-order valence-corrected chi connectivity index (χ3v) is 4.31. The van der Waals surface area contributed by atoms with Crippen LogP contribution in [0.4, 0.5) is 11.4 Å². The maximum atomic E-state index is 12.5. The molecule has 0 spiro atoms. The van der Waals surface area contributed by atoms with Crippen LogP contribution in [0.1, 0.15) is 33.2 Å². The van der Waals surface area contributed by atoms with Gasteiger partial charge in [0.1, 0.15) is 0 Å². The van der Waals surface area contributed by atoms with Crippen molar-refractivity contribution in [1.29, 1.82) is 0 Å². The molecule has 3 aromatic rings. The van der Waals surface area contributed by atoms with E-state index in [-0.39, 0.29) is 11.8 Å². The third-order valence-electron chi connectivity index (χ3n) is 4.31. The van der Waals surface area contributed by atoms with E-state index in [0.717, 1.165) is 5.56 Å². The number of nitrogens with one attached hydrogen (secondary N) is 2. The first-order valence-electron chi connectivity index (χ1n) is 9.78. The van der Waals surface area contributed by atoms with Crippen LogP contribution >= 0.6 is 0 Å². The SMILES string of the molecule is CCOC(=O)/C=C\c1ccc(NC(=O)c2ccc(NC(=O)c3ccccc3)cc2)cc1. The predicted molar refractivity (Wildman–Crippen MR) is 121 cm³/mol. The largest absolute Gasteiger partial charge is 0.463 e. The number of amides is 2. The highest BCUT2D eigenvalue weighted by Crippen LogP contribution is 2.15. The van der Waals surface area contributed by atoms with Crippen molar-refractivity contribution in [1.82, 2.24) is 0 Å². The van der Waals surface area contributed by atoms with Crippen molar-refractivity contribution in [3.05, 3.63) is 102 Å².